The van der Waals surface area contributed by atoms with Crippen molar-refractivity contribution in [3.63, 3.8) is 0 Å². The number of carbonyl (C=O) groups is 1. The van der Waals surface area contributed by atoms with Crippen LogP contribution in [0.1, 0.15) is 18.9 Å². The lowest BCUT2D eigenvalue weighted by atomic mass is 10.1. The van der Waals surface area contributed by atoms with Crippen LogP contribution in [-0.4, -0.2) is 47.2 Å². The summed E-state index contributed by atoms with van der Waals surface area (Å²) in [4.78, 5) is 12.7. The van der Waals surface area contributed by atoms with Crippen LogP contribution in [0.4, 0.5) is 0 Å². The lowest BCUT2D eigenvalue weighted by Crippen LogP contribution is -2.48. The largest absolute Gasteiger partial charge is 0.494 e. The first-order chi connectivity index (χ1) is 14.0. The first kappa shape index (κ1) is 22.9. The number of rotatable bonds is 12. The third kappa shape index (κ3) is 7.49. The van der Waals surface area contributed by atoms with Gasteiger partial charge in [0.15, 0.2) is 0 Å². The van der Waals surface area contributed by atoms with E-state index in [1.807, 2.05) is 37.3 Å². The zero-order valence-electron chi connectivity index (χ0n) is 16.8. The van der Waals surface area contributed by atoms with Gasteiger partial charge < -0.3 is 14.8 Å². The van der Waals surface area contributed by atoms with Crippen molar-refractivity contribution >= 4 is 15.9 Å². The molecule has 0 radical (unpaired) electrons. The minimum absolute atomic E-state index is 0.0752. The van der Waals surface area contributed by atoms with Gasteiger partial charge in [0.05, 0.1) is 11.5 Å². The van der Waals surface area contributed by atoms with Crippen molar-refractivity contribution in [2.24, 2.45) is 0 Å². The van der Waals surface area contributed by atoms with Gasteiger partial charge in [0, 0.05) is 20.3 Å². The first-order valence-electron chi connectivity index (χ1n) is 9.52. The molecule has 0 unspecified atom stereocenters. The van der Waals surface area contributed by atoms with Crippen LogP contribution in [0.25, 0.3) is 0 Å². The summed E-state index contributed by atoms with van der Waals surface area (Å²) in [6.45, 7) is 3.27. The summed E-state index contributed by atoms with van der Waals surface area (Å²) in [5.41, 5.74) is 0.860. The molecule has 29 heavy (non-hydrogen) atoms. The van der Waals surface area contributed by atoms with Gasteiger partial charge in [0.2, 0.25) is 15.9 Å². The van der Waals surface area contributed by atoms with Gasteiger partial charge in [-0.1, -0.05) is 30.3 Å². The Bertz CT molecular complexity index is 854. The molecule has 0 aliphatic carbocycles. The molecule has 0 aliphatic rings. The molecule has 2 N–H and O–H groups in total. The fourth-order valence-corrected chi connectivity index (χ4v) is 3.92. The molecule has 7 nitrogen and oxygen atoms in total. The van der Waals surface area contributed by atoms with Crippen molar-refractivity contribution in [1.29, 1.82) is 0 Å². The van der Waals surface area contributed by atoms with Crippen LogP contribution < -0.4 is 14.8 Å². The Kier molecular flexibility index (Phi) is 9.11. The highest BCUT2D eigenvalue weighted by Gasteiger charge is 2.26. The monoisotopic (exact) mass is 420 g/mol. The fourth-order valence-electron chi connectivity index (χ4n) is 2.73. The smallest absolute Gasteiger partial charge is 0.241 e. The molecule has 0 saturated carbocycles. The summed E-state index contributed by atoms with van der Waals surface area (Å²) in [5.74, 6) is 0.211. The van der Waals surface area contributed by atoms with Crippen LogP contribution in [-0.2, 0) is 26.0 Å². The molecule has 2 rings (SSSR count). The second kappa shape index (κ2) is 11.5. The van der Waals surface area contributed by atoms with Crippen molar-refractivity contribution in [2.45, 2.75) is 30.7 Å². The van der Waals surface area contributed by atoms with Crippen LogP contribution in [0.15, 0.2) is 59.5 Å². The number of hydrogen-bond donors (Lipinski definition) is 2. The molecule has 0 spiro atoms. The molecule has 8 heteroatoms. The molecule has 2 aromatic rings. The molecular formula is C21H28N2O5S. The number of ether oxygens (including phenoxy) is 2. The van der Waals surface area contributed by atoms with E-state index in [1.54, 1.807) is 19.2 Å². The topological polar surface area (TPSA) is 93.7 Å². The Labute approximate surface area is 172 Å². The number of nitrogens with one attached hydrogen (secondary N) is 2. The number of sulfonamides is 1. The number of hydrogen-bond acceptors (Lipinski definition) is 5. The summed E-state index contributed by atoms with van der Waals surface area (Å²) >= 11 is 0. The maximum atomic E-state index is 12.8. The number of amides is 1. The molecule has 2 aromatic carbocycles. The lowest BCUT2D eigenvalue weighted by molar-refractivity contribution is -0.122. The SMILES string of the molecule is CCOc1ccc(S(=O)(=O)N[C@H](Cc2ccccc2)C(=O)NCCCOC)cc1. The maximum absolute atomic E-state index is 12.8. The van der Waals surface area contributed by atoms with Crippen LogP contribution in [0.5, 0.6) is 5.75 Å². The summed E-state index contributed by atoms with van der Waals surface area (Å²) in [6.07, 6.45) is 0.888. The van der Waals surface area contributed by atoms with Crippen LogP contribution in [0.2, 0.25) is 0 Å². The Morgan fingerprint density at radius 3 is 2.38 bits per heavy atom. The van der Waals surface area contributed by atoms with Gasteiger partial charge in [0.1, 0.15) is 11.8 Å². The van der Waals surface area contributed by atoms with E-state index in [1.165, 1.54) is 12.1 Å². The number of benzene rings is 2. The standard InChI is InChI=1S/C21H28N2O5S/c1-3-28-18-10-12-19(13-11-18)29(25,26)23-20(16-17-8-5-4-6-9-17)21(24)22-14-7-15-27-2/h4-6,8-13,20,23H,3,7,14-16H2,1-2H3,(H,22,24)/t20-/m1/s1. The van der Waals surface area contributed by atoms with Gasteiger partial charge in [-0.15, -0.1) is 0 Å². The van der Waals surface area contributed by atoms with E-state index < -0.39 is 16.1 Å². The highest BCUT2D eigenvalue weighted by molar-refractivity contribution is 7.89. The van der Waals surface area contributed by atoms with Gasteiger partial charge in [-0.2, -0.15) is 4.72 Å². The van der Waals surface area contributed by atoms with Crippen LogP contribution in [0.3, 0.4) is 0 Å². The Morgan fingerprint density at radius 2 is 1.76 bits per heavy atom. The molecular weight excluding hydrogens is 392 g/mol. The average molecular weight is 421 g/mol. The third-order valence-electron chi connectivity index (χ3n) is 4.17. The van der Waals surface area contributed by atoms with Crippen LogP contribution >= 0.6 is 0 Å². The van der Waals surface area contributed by atoms with Gasteiger partial charge in [-0.25, -0.2) is 8.42 Å². The Balaban J connectivity index is 2.14. The predicted molar refractivity (Wildman–Crippen MR) is 111 cm³/mol. The van der Waals surface area contributed by atoms with Crippen molar-refractivity contribution in [3.05, 3.63) is 60.2 Å². The quantitative estimate of drug-likeness (QED) is 0.513. The van der Waals surface area contributed by atoms with Crippen molar-refractivity contribution in [2.75, 3.05) is 26.9 Å². The Hall–Kier alpha value is -2.42. The molecule has 0 bridgehead atoms. The Morgan fingerprint density at radius 1 is 1.07 bits per heavy atom. The first-order valence-corrected chi connectivity index (χ1v) is 11.0. The van der Waals surface area contributed by atoms with E-state index in [4.69, 9.17) is 9.47 Å². The second-order valence-corrected chi connectivity index (χ2v) is 8.12. The summed E-state index contributed by atoms with van der Waals surface area (Å²) in [7, 11) is -2.29. The predicted octanol–water partition coefficient (Wildman–Crippen LogP) is 2.13. The molecule has 0 fully saturated rings. The third-order valence-corrected chi connectivity index (χ3v) is 5.65. The molecule has 0 aromatic heterocycles. The van der Waals surface area contributed by atoms with E-state index in [9.17, 15) is 13.2 Å². The van der Waals surface area contributed by atoms with Crippen molar-refractivity contribution in [3.8, 4) is 5.75 Å². The summed E-state index contributed by atoms with van der Waals surface area (Å²) in [6, 6.07) is 14.5. The van der Waals surface area contributed by atoms with Gasteiger partial charge in [-0.3, -0.25) is 4.79 Å². The van der Waals surface area contributed by atoms with Gasteiger partial charge >= 0.3 is 0 Å². The molecule has 1 amide bonds. The molecule has 158 valence electrons. The van der Waals surface area contributed by atoms with Gasteiger partial charge in [-0.05, 0) is 49.6 Å². The zero-order valence-corrected chi connectivity index (χ0v) is 17.6. The average Bonchev–Trinajstić information content (AvgIpc) is 2.72. The van der Waals surface area contributed by atoms with E-state index in [2.05, 4.69) is 10.0 Å². The fraction of sp³-hybridized carbons (Fsp3) is 0.381. The molecule has 0 aliphatic heterocycles. The second-order valence-electron chi connectivity index (χ2n) is 6.41. The van der Waals surface area contributed by atoms with E-state index >= 15 is 0 Å². The molecule has 1 atom stereocenters. The highest BCUT2D eigenvalue weighted by atomic mass is 32.2. The molecule has 0 heterocycles. The summed E-state index contributed by atoms with van der Waals surface area (Å²) < 4.78 is 38.5. The van der Waals surface area contributed by atoms with Crippen molar-refractivity contribution < 1.29 is 22.7 Å². The zero-order chi connectivity index (χ0) is 21.1. The minimum Gasteiger partial charge on any atom is -0.494 e. The normalized spacial score (nSPS) is 12.3. The van der Waals surface area contributed by atoms with Crippen molar-refractivity contribution in [1.82, 2.24) is 10.0 Å². The lowest BCUT2D eigenvalue weighted by Gasteiger charge is -2.19. The molecule has 0 saturated heterocycles. The number of methoxy groups -OCH3 is 1. The van der Waals surface area contributed by atoms with Gasteiger partial charge in [0.25, 0.3) is 0 Å². The minimum atomic E-state index is -3.88. The van der Waals surface area contributed by atoms with Crippen LogP contribution in [0, 0.1) is 0 Å². The number of carbonyl (C=O) groups excluding carboxylic acids is 1. The van der Waals surface area contributed by atoms with E-state index in [0.29, 0.717) is 31.9 Å². The maximum Gasteiger partial charge on any atom is 0.241 e. The summed E-state index contributed by atoms with van der Waals surface area (Å²) in [5, 5.41) is 2.77. The highest BCUT2D eigenvalue weighted by Crippen LogP contribution is 2.17. The van der Waals surface area contributed by atoms with E-state index in [0.717, 1.165) is 5.56 Å². The van der Waals surface area contributed by atoms with E-state index in [-0.39, 0.29) is 17.2 Å².